The zero-order valence-electron chi connectivity index (χ0n) is 17.0. The highest BCUT2D eigenvalue weighted by Crippen LogP contribution is 2.19. The molecule has 0 unspecified atom stereocenters. The van der Waals surface area contributed by atoms with Crippen LogP contribution < -0.4 is 0 Å². The minimum Gasteiger partial charge on any atom is -0.375 e. The van der Waals surface area contributed by atoms with Crippen LogP contribution in [-0.4, -0.2) is 56.2 Å². The van der Waals surface area contributed by atoms with E-state index in [2.05, 4.69) is 53.2 Å². The van der Waals surface area contributed by atoms with Crippen LogP contribution in [0.3, 0.4) is 0 Å². The Morgan fingerprint density at radius 2 is 2.10 bits per heavy atom. The first-order valence-electron chi connectivity index (χ1n) is 10.3. The summed E-state index contributed by atoms with van der Waals surface area (Å²) in [6, 6.07) is 12.3. The van der Waals surface area contributed by atoms with E-state index in [9.17, 15) is 4.79 Å². The van der Waals surface area contributed by atoms with Crippen LogP contribution in [0.25, 0.3) is 5.78 Å². The lowest BCUT2D eigenvalue weighted by Crippen LogP contribution is -2.46. The summed E-state index contributed by atoms with van der Waals surface area (Å²) in [5.41, 5.74) is 2.70. The maximum atomic E-state index is 13.1. The van der Waals surface area contributed by atoms with E-state index in [0.717, 1.165) is 25.0 Å². The van der Waals surface area contributed by atoms with Crippen molar-refractivity contribution in [1.82, 2.24) is 24.5 Å². The molecule has 0 aliphatic carbocycles. The number of nitrogens with zero attached hydrogens (tertiary/aromatic N) is 5. The van der Waals surface area contributed by atoms with Crippen molar-refractivity contribution in [2.75, 3.05) is 19.7 Å². The summed E-state index contributed by atoms with van der Waals surface area (Å²) in [4.78, 5) is 23.6. The van der Waals surface area contributed by atoms with Crippen molar-refractivity contribution in [3.8, 4) is 0 Å². The molecule has 152 valence electrons. The number of aromatic nitrogens is 4. The van der Waals surface area contributed by atoms with Crippen molar-refractivity contribution in [2.24, 2.45) is 0 Å². The molecule has 1 aromatic carbocycles. The van der Waals surface area contributed by atoms with E-state index in [4.69, 9.17) is 4.74 Å². The summed E-state index contributed by atoms with van der Waals surface area (Å²) in [7, 11) is 0. The van der Waals surface area contributed by atoms with Gasteiger partial charge in [-0.2, -0.15) is 10.1 Å². The van der Waals surface area contributed by atoms with Gasteiger partial charge < -0.3 is 9.64 Å². The molecule has 1 fully saturated rings. The van der Waals surface area contributed by atoms with Crippen LogP contribution in [0.2, 0.25) is 0 Å². The third-order valence-electron chi connectivity index (χ3n) is 5.35. The molecule has 4 rings (SSSR count). The van der Waals surface area contributed by atoms with Crippen LogP contribution in [0.4, 0.5) is 0 Å². The lowest BCUT2D eigenvalue weighted by atomic mass is 10.0. The molecular weight excluding hydrogens is 366 g/mol. The molecule has 0 radical (unpaired) electrons. The Bertz CT molecular complexity index is 970. The van der Waals surface area contributed by atoms with Gasteiger partial charge in [0.25, 0.3) is 11.7 Å². The number of ether oxygens (including phenoxy) is 1. The fourth-order valence-electron chi connectivity index (χ4n) is 3.77. The molecule has 3 heterocycles. The topological polar surface area (TPSA) is 72.6 Å². The average Bonchev–Trinajstić information content (AvgIpc) is 3.22. The van der Waals surface area contributed by atoms with Crippen LogP contribution in [0.15, 0.2) is 42.7 Å². The predicted molar refractivity (Wildman–Crippen MR) is 110 cm³/mol. The Labute approximate surface area is 170 Å². The maximum Gasteiger partial charge on any atom is 0.272 e. The van der Waals surface area contributed by atoms with Gasteiger partial charge in [0.2, 0.25) is 0 Å². The molecule has 0 spiro atoms. The van der Waals surface area contributed by atoms with E-state index in [1.54, 1.807) is 4.52 Å². The quantitative estimate of drug-likeness (QED) is 0.643. The molecule has 3 aromatic rings. The Balaban J connectivity index is 1.41. The van der Waals surface area contributed by atoms with E-state index >= 15 is 0 Å². The van der Waals surface area contributed by atoms with Gasteiger partial charge >= 0.3 is 0 Å². The highest BCUT2D eigenvalue weighted by atomic mass is 16.5. The molecule has 1 amide bonds. The highest BCUT2D eigenvalue weighted by Gasteiger charge is 2.26. The lowest BCUT2D eigenvalue weighted by Gasteiger charge is -2.33. The third-order valence-corrected chi connectivity index (χ3v) is 5.35. The van der Waals surface area contributed by atoms with Crippen LogP contribution in [0.5, 0.6) is 0 Å². The summed E-state index contributed by atoms with van der Waals surface area (Å²) < 4.78 is 7.61. The van der Waals surface area contributed by atoms with Crippen LogP contribution in [0, 0.1) is 0 Å². The molecular formula is C22H27N5O2. The molecule has 1 atom stereocenters. The summed E-state index contributed by atoms with van der Waals surface area (Å²) in [5.74, 6) is 0.616. The van der Waals surface area contributed by atoms with Gasteiger partial charge in [-0.3, -0.25) is 4.79 Å². The number of aryl methyl sites for hydroxylation is 1. The number of rotatable bonds is 6. The minimum absolute atomic E-state index is 0.0613. The fourth-order valence-corrected chi connectivity index (χ4v) is 3.77. The summed E-state index contributed by atoms with van der Waals surface area (Å²) in [6.45, 7) is 5.89. The van der Waals surface area contributed by atoms with Gasteiger partial charge in [-0.15, -0.1) is 0 Å². The van der Waals surface area contributed by atoms with Crippen LogP contribution in [0.1, 0.15) is 54.4 Å². The second-order valence-corrected chi connectivity index (χ2v) is 7.81. The van der Waals surface area contributed by atoms with Crippen molar-refractivity contribution in [2.45, 2.75) is 45.1 Å². The molecule has 1 aliphatic rings. The third kappa shape index (κ3) is 4.45. The number of hydrogen-bond donors (Lipinski definition) is 0. The molecule has 0 saturated carbocycles. The van der Waals surface area contributed by atoms with Gasteiger partial charge in [-0.1, -0.05) is 44.2 Å². The first-order valence-corrected chi connectivity index (χ1v) is 10.3. The predicted octanol–water partition coefficient (Wildman–Crippen LogP) is 3.11. The normalized spacial score (nSPS) is 17.2. The Kier molecular flexibility index (Phi) is 5.85. The van der Waals surface area contributed by atoms with Crippen molar-refractivity contribution in [3.63, 3.8) is 0 Å². The summed E-state index contributed by atoms with van der Waals surface area (Å²) in [6.07, 6.45) is 4.54. The number of fused-ring (bicyclic) bond motifs is 1. The Morgan fingerprint density at radius 3 is 2.90 bits per heavy atom. The molecule has 0 N–H and O–H groups in total. The van der Waals surface area contributed by atoms with Crippen molar-refractivity contribution < 1.29 is 9.53 Å². The van der Waals surface area contributed by atoms with Gasteiger partial charge in [0.1, 0.15) is 12.0 Å². The van der Waals surface area contributed by atoms with Gasteiger partial charge in [0.15, 0.2) is 0 Å². The molecule has 29 heavy (non-hydrogen) atoms. The van der Waals surface area contributed by atoms with Crippen molar-refractivity contribution in [1.29, 1.82) is 0 Å². The zero-order valence-corrected chi connectivity index (χ0v) is 17.0. The molecule has 0 bridgehead atoms. The van der Waals surface area contributed by atoms with E-state index in [-0.39, 0.29) is 17.9 Å². The largest absolute Gasteiger partial charge is 0.375 e. The van der Waals surface area contributed by atoms with Crippen molar-refractivity contribution >= 4 is 11.7 Å². The second kappa shape index (κ2) is 8.69. The lowest BCUT2D eigenvalue weighted by molar-refractivity contribution is -0.0256. The fraction of sp³-hybridized carbons (Fsp3) is 0.455. The van der Waals surface area contributed by atoms with E-state index in [1.807, 2.05) is 17.0 Å². The van der Waals surface area contributed by atoms with Gasteiger partial charge in [-0.25, -0.2) is 9.50 Å². The Morgan fingerprint density at radius 1 is 1.28 bits per heavy atom. The molecule has 7 heteroatoms. The number of carbonyl (C=O) groups is 1. The first kappa shape index (κ1) is 19.5. The number of morpholine rings is 1. The Hall–Kier alpha value is -2.80. The van der Waals surface area contributed by atoms with Crippen molar-refractivity contribution in [3.05, 3.63) is 59.7 Å². The van der Waals surface area contributed by atoms with E-state index < -0.39 is 0 Å². The van der Waals surface area contributed by atoms with E-state index in [0.29, 0.717) is 31.2 Å². The number of amides is 1. The van der Waals surface area contributed by atoms with E-state index in [1.165, 1.54) is 11.9 Å². The number of hydrogen-bond acceptors (Lipinski definition) is 5. The smallest absolute Gasteiger partial charge is 0.272 e. The number of carbonyl (C=O) groups excluding carboxylic acids is 1. The zero-order chi connectivity index (χ0) is 20.2. The minimum atomic E-state index is -0.0613. The molecule has 1 saturated heterocycles. The monoisotopic (exact) mass is 393 g/mol. The second-order valence-electron chi connectivity index (χ2n) is 7.81. The van der Waals surface area contributed by atoms with Gasteiger partial charge in [-0.05, 0) is 36.8 Å². The number of benzene rings is 1. The van der Waals surface area contributed by atoms with Gasteiger partial charge in [0.05, 0.1) is 18.4 Å². The standard InChI is InChI=1S/C22H27N5O2/c1-16(2)20-13-19(25-22-23-15-24-27(20)22)21(28)26-11-12-29-18(14-26)10-6-9-17-7-4-3-5-8-17/h3-5,7-8,13,15-16,18H,6,9-12,14H2,1-2H3/t18-/m0/s1. The molecule has 7 nitrogen and oxygen atoms in total. The summed E-state index contributed by atoms with van der Waals surface area (Å²) >= 11 is 0. The SMILES string of the molecule is CC(C)c1cc(C(=O)N2CCO[C@@H](CCCc3ccccc3)C2)nc2ncnn12. The van der Waals surface area contributed by atoms with Crippen LogP contribution in [-0.2, 0) is 11.2 Å². The summed E-state index contributed by atoms with van der Waals surface area (Å²) in [5, 5.41) is 4.22. The average molecular weight is 393 g/mol. The van der Waals surface area contributed by atoms with Gasteiger partial charge in [0, 0.05) is 13.1 Å². The molecule has 1 aliphatic heterocycles. The maximum absolute atomic E-state index is 13.1. The highest BCUT2D eigenvalue weighted by molar-refractivity contribution is 5.93. The first-order chi connectivity index (χ1) is 14.1. The van der Waals surface area contributed by atoms with Crippen LogP contribution >= 0.6 is 0 Å². The molecule has 2 aromatic heterocycles.